The van der Waals surface area contributed by atoms with Gasteiger partial charge in [-0.2, -0.15) is 0 Å². The van der Waals surface area contributed by atoms with Crippen LogP contribution in [0.1, 0.15) is 112 Å². The van der Waals surface area contributed by atoms with Gasteiger partial charge in [-0.15, -0.1) is 0 Å². The zero-order valence-corrected chi connectivity index (χ0v) is 19.8. The standard InChI is InChI=1S/C27H46O2/c1-24(2,28)14-7-6-8-19-10-12-22-21-11-9-20-18-25(3,29)16-17-27(20,5)23(21)13-15-26(19,22)4/h9,19,21-23,28-29H,6-8,10-18H2,1-5H3/t19?,21?,22?,23?,25-,26+,27?/m0/s1. The molecule has 7 atom stereocenters. The maximum absolute atomic E-state index is 10.6. The van der Waals surface area contributed by atoms with E-state index in [2.05, 4.69) is 19.9 Å². The van der Waals surface area contributed by atoms with Crippen LogP contribution in [0.2, 0.25) is 0 Å². The lowest BCUT2D eigenvalue weighted by molar-refractivity contribution is -0.0661. The molecule has 0 spiro atoms. The molecule has 3 fully saturated rings. The minimum Gasteiger partial charge on any atom is -0.390 e. The molecule has 0 heterocycles. The number of aliphatic hydroxyl groups is 2. The summed E-state index contributed by atoms with van der Waals surface area (Å²) in [5.41, 5.74) is 1.48. The number of rotatable bonds is 5. The van der Waals surface area contributed by atoms with E-state index in [-0.39, 0.29) is 0 Å². The minimum atomic E-state index is -0.508. The summed E-state index contributed by atoms with van der Waals surface area (Å²) >= 11 is 0. The summed E-state index contributed by atoms with van der Waals surface area (Å²) in [6.45, 7) is 11.1. The molecule has 0 saturated heterocycles. The molecular weight excluding hydrogens is 356 g/mol. The summed E-state index contributed by atoms with van der Waals surface area (Å²) < 4.78 is 0. The van der Waals surface area contributed by atoms with Crippen molar-refractivity contribution in [3.63, 3.8) is 0 Å². The highest BCUT2D eigenvalue weighted by atomic mass is 16.3. The van der Waals surface area contributed by atoms with Gasteiger partial charge in [0.1, 0.15) is 0 Å². The molecule has 4 aliphatic rings. The van der Waals surface area contributed by atoms with Gasteiger partial charge in [-0.1, -0.05) is 38.3 Å². The fraction of sp³-hybridized carbons (Fsp3) is 0.926. The second-order valence-corrected chi connectivity index (χ2v) is 12.8. The van der Waals surface area contributed by atoms with Crippen LogP contribution in [0.3, 0.4) is 0 Å². The van der Waals surface area contributed by atoms with Gasteiger partial charge in [-0.25, -0.2) is 0 Å². The Kier molecular flexibility index (Phi) is 5.56. The lowest BCUT2D eigenvalue weighted by atomic mass is 9.46. The summed E-state index contributed by atoms with van der Waals surface area (Å²) in [7, 11) is 0. The first kappa shape index (κ1) is 21.9. The average molecular weight is 403 g/mol. The van der Waals surface area contributed by atoms with Crippen LogP contribution in [0, 0.1) is 34.5 Å². The van der Waals surface area contributed by atoms with Crippen LogP contribution in [0.15, 0.2) is 11.6 Å². The average Bonchev–Trinajstić information content (AvgIpc) is 2.95. The molecule has 2 heteroatoms. The zero-order valence-electron chi connectivity index (χ0n) is 19.8. The molecule has 4 aliphatic carbocycles. The van der Waals surface area contributed by atoms with Gasteiger partial charge >= 0.3 is 0 Å². The molecule has 0 radical (unpaired) electrons. The van der Waals surface area contributed by atoms with Gasteiger partial charge < -0.3 is 10.2 Å². The second kappa shape index (κ2) is 7.37. The van der Waals surface area contributed by atoms with Crippen molar-refractivity contribution in [3.8, 4) is 0 Å². The molecule has 29 heavy (non-hydrogen) atoms. The maximum Gasteiger partial charge on any atom is 0.0657 e. The molecular formula is C27H46O2. The predicted molar refractivity (Wildman–Crippen MR) is 121 cm³/mol. The van der Waals surface area contributed by atoms with E-state index in [0.29, 0.717) is 10.8 Å². The van der Waals surface area contributed by atoms with Gasteiger partial charge in [0.25, 0.3) is 0 Å². The molecule has 2 N–H and O–H groups in total. The van der Waals surface area contributed by atoms with Crippen LogP contribution in [-0.2, 0) is 0 Å². The Hall–Kier alpha value is -0.340. The number of hydrogen-bond acceptors (Lipinski definition) is 2. The lowest BCUT2D eigenvalue weighted by Crippen LogP contribution is -2.51. The third kappa shape index (κ3) is 3.98. The van der Waals surface area contributed by atoms with Gasteiger partial charge in [0.05, 0.1) is 11.2 Å². The van der Waals surface area contributed by atoms with Crippen LogP contribution in [-0.4, -0.2) is 21.4 Å². The highest BCUT2D eigenvalue weighted by Gasteiger charge is 2.58. The Balaban J connectivity index is 1.44. The van der Waals surface area contributed by atoms with Gasteiger partial charge in [0.2, 0.25) is 0 Å². The summed E-state index contributed by atoms with van der Waals surface area (Å²) in [5.74, 6) is 3.50. The molecule has 0 aliphatic heterocycles. The highest BCUT2D eigenvalue weighted by molar-refractivity contribution is 5.26. The Labute approximate surface area is 179 Å². The zero-order chi connectivity index (χ0) is 21.1. The van der Waals surface area contributed by atoms with E-state index < -0.39 is 11.2 Å². The summed E-state index contributed by atoms with van der Waals surface area (Å²) in [6.07, 6.45) is 17.3. The first-order valence-electron chi connectivity index (χ1n) is 12.6. The fourth-order valence-corrected chi connectivity index (χ4v) is 8.34. The third-order valence-corrected chi connectivity index (χ3v) is 10.2. The van der Waals surface area contributed by atoms with E-state index in [1.165, 1.54) is 51.4 Å². The van der Waals surface area contributed by atoms with Crippen LogP contribution in [0.25, 0.3) is 0 Å². The highest BCUT2D eigenvalue weighted by Crippen LogP contribution is 2.67. The van der Waals surface area contributed by atoms with Crippen molar-refractivity contribution >= 4 is 0 Å². The first-order valence-corrected chi connectivity index (χ1v) is 12.6. The minimum absolute atomic E-state index is 0.345. The molecule has 0 bridgehead atoms. The summed E-state index contributed by atoms with van der Waals surface area (Å²) in [5, 5.41) is 20.7. The molecule has 166 valence electrons. The monoisotopic (exact) mass is 402 g/mol. The predicted octanol–water partition coefficient (Wildman–Crippen LogP) is 6.65. The van der Waals surface area contributed by atoms with E-state index >= 15 is 0 Å². The summed E-state index contributed by atoms with van der Waals surface area (Å²) in [4.78, 5) is 0. The maximum atomic E-state index is 10.6. The van der Waals surface area contributed by atoms with E-state index in [9.17, 15) is 10.2 Å². The smallest absolute Gasteiger partial charge is 0.0657 e. The van der Waals surface area contributed by atoms with Crippen molar-refractivity contribution in [2.75, 3.05) is 0 Å². The summed E-state index contributed by atoms with van der Waals surface area (Å²) in [6, 6.07) is 0. The molecule has 5 unspecified atom stereocenters. The van der Waals surface area contributed by atoms with Crippen LogP contribution >= 0.6 is 0 Å². The van der Waals surface area contributed by atoms with Gasteiger partial charge in [0.15, 0.2) is 0 Å². The van der Waals surface area contributed by atoms with Crippen LogP contribution in [0.5, 0.6) is 0 Å². The van der Waals surface area contributed by atoms with Crippen molar-refractivity contribution in [2.45, 2.75) is 123 Å². The number of hydrogen-bond donors (Lipinski definition) is 2. The van der Waals surface area contributed by atoms with Crippen LogP contribution < -0.4 is 0 Å². The van der Waals surface area contributed by atoms with Crippen molar-refractivity contribution in [2.24, 2.45) is 34.5 Å². The lowest BCUT2D eigenvalue weighted by Gasteiger charge is -2.59. The van der Waals surface area contributed by atoms with Gasteiger partial charge in [-0.05, 0) is 119 Å². The van der Waals surface area contributed by atoms with Crippen LogP contribution in [0.4, 0.5) is 0 Å². The molecule has 0 aromatic carbocycles. The van der Waals surface area contributed by atoms with Crippen molar-refractivity contribution in [1.29, 1.82) is 0 Å². The molecule has 4 rings (SSSR count). The largest absolute Gasteiger partial charge is 0.390 e. The normalized spacial score (nSPS) is 47.2. The Morgan fingerprint density at radius 1 is 1.00 bits per heavy atom. The van der Waals surface area contributed by atoms with E-state index in [1.807, 2.05) is 20.8 Å². The molecule has 0 amide bonds. The molecule has 0 aromatic rings. The van der Waals surface area contributed by atoms with E-state index in [4.69, 9.17) is 0 Å². The van der Waals surface area contributed by atoms with E-state index in [1.54, 1.807) is 5.57 Å². The van der Waals surface area contributed by atoms with Crippen molar-refractivity contribution < 1.29 is 10.2 Å². The molecule has 2 nitrogen and oxygen atoms in total. The quantitative estimate of drug-likeness (QED) is 0.399. The SMILES string of the molecule is CC(C)(O)CCCCC1CCC2C3CC=C4C[C@@](C)(O)CCC4(C)C3CC[C@]12C. The fourth-order valence-electron chi connectivity index (χ4n) is 8.34. The Bertz CT molecular complexity index is 641. The Morgan fingerprint density at radius 2 is 1.76 bits per heavy atom. The van der Waals surface area contributed by atoms with Crippen molar-refractivity contribution in [3.05, 3.63) is 11.6 Å². The van der Waals surface area contributed by atoms with Gasteiger partial charge in [0, 0.05) is 0 Å². The number of allylic oxidation sites excluding steroid dienone is 1. The molecule has 0 aromatic heterocycles. The molecule has 3 saturated carbocycles. The van der Waals surface area contributed by atoms with Gasteiger partial charge in [-0.3, -0.25) is 0 Å². The number of unbranched alkanes of at least 4 members (excludes halogenated alkanes) is 1. The topological polar surface area (TPSA) is 40.5 Å². The second-order valence-electron chi connectivity index (χ2n) is 12.8. The van der Waals surface area contributed by atoms with E-state index in [0.717, 1.165) is 49.4 Å². The number of fused-ring (bicyclic) bond motifs is 5. The van der Waals surface area contributed by atoms with Crippen molar-refractivity contribution in [1.82, 2.24) is 0 Å². The Morgan fingerprint density at radius 3 is 2.48 bits per heavy atom. The third-order valence-electron chi connectivity index (χ3n) is 10.2. The first-order chi connectivity index (χ1) is 13.4.